The van der Waals surface area contributed by atoms with Crippen LogP contribution in [-0.4, -0.2) is 29.3 Å². The van der Waals surface area contributed by atoms with Crippen LogP contribution < -0.4 is 10.6 Å². The van der Waals surface area contributed by atoms with Gasteiger partial charge in [-0.15, -0.1) is 0 Å². The van der Waals surface area contributed by atoms with Crippen LogP contribution in [0.1, 0.15) is 33.2 Å². The third kappa shape index (κ3) is 6.39. The largest absolute Gasteiger partial charge is 0.452 e. The molecule has 0 unspecified atom stereocenters. The van der Waals surface area contributed by atoms with E-state index in [0.29, 0.717) is 11.3 Å². The van der Waals surface area contributed by atoms with Crippen molar-refractivity contribution in [2.45, 2.75) is 13.1 Å². The topological polar surface area (TPSA) is 97.4 Å². The van der Waals surface area contributed by atoms with Crippen molar-refractivity contribution in [1.82, 2.24) is 4.98 Å². The summed E-state index contributed by atoms with van der Waals surface area (Å²) in [4.78, 5) is 40.0. The van der Waals surface area contributed by atoms with Crippen molar-refractivity contribution in [2.24, 2.45) is 0 Å². The minimum absolute atomic E-state index is 0.0311. The van der Waals surface area contributed by atoms with Gasteiger partial charge in [0.05, 0.1) is 5.56 Å². The van der Waals surface area contributed by atoms with E-state index in [-0.39, 0.29) is 22.9 Å². The van der Waals surface area contributed by atoms with Crippen LogP contribution in [0.5, 0.6) is 0 Å². The molecule has 3 rings (SSSR count). The van der Waals surface area contributed by atoms with Crippen molar-refractivity contribution in [3.05, 3.63) is 83.6 Å². The third-order valence-corrected chi connectivity index (χ3v) is 4.37. The number of hydrogen-bond donors (Lipinski definition) is 2. The molecule has 2 aromatic carbocycles. The molecule has 1 heterocycles. The summed E-state index contributed by atoms with van der Waals surface area (Å²) in [5.41, 5.74) is -0.0949. The molecule has 0 aliphatic heterocycles. The minimum atomic E-state index is -4.53. The molecule has 2 N–H and O–H groups in total. The van der Waals surface area contributed by atoms with Gasteiger partial charge in [-0.2, -0.15) is 13.2 Å². The lowest BCUT2D eigenvalue weighted by atomic mass is 10.1. The highest BCUT2D eigenvalue weighted by Crippen LogP contribution is 2.31. The van der Waals surface area contributed by atoms with Gasteiger partial charge in [0.15, 0.2) is 12.4 Å². The number of carbonyl (C=O) groups is 3. The molecule has 7 nitrogen and oxygen atoms in total. The zero-order chi connectivity index (χ0) is 24.0. The summed E-state index contributed by atoms with van der Waals surface area (Å²) < 4.78 is 43.8. The average Bonchev–Trinajstić information content (AvgIpc) is 2.77. The first-order chi connectivity index (χ1) is 15.6. The second kappa shape index (κ2) is 9.94. The first-order valence-corrected chi connectivity index (χ1v) is 9.61. The van der Waals surface area contributed by atoms with Gasteiger partial charge < -0.3 is 15.4 Å². The molecular formula is C23H18F3N3O4. The van der Waals surface area contributed by atoms with Gasteiger partial charge >= 0.3 is 12.1 Å². The molecule has 0 aliphatic rings. The quantitative estimate of drug-likeness (QED) is 0.389. The van der Waals surface area contributed by atoms with Crippen LogP contribution in [0.25, 0.3) is 0 Å². The number of ether oxygens (including phenoxy) is 1. The maximum absolute atomic E-state index is 12.9. The van der Waals surface area contributed by atoms with E-state index in [1.807, 2.05) is 0 Å². The molecule has 0 bridgehead atoms. The van der Waals surface area contributed by atoms with Gasteiger partial charge in [-0.25, -0.2) is 9.78 Å². The molecule has 3 aromatic rings. The zero-order valence-corrected chi connectivity index (χ0v) is 17.3. The van der Waals surface area contributed by atoms with Crippen molar-refractivity contribution < 1.29 is 32.3 Å². The molecule has 33 heavy (non-hydrogen) atoms. The van der Waals surface area contributed by atoms with Crippen LogP contribution in [0.3, 0.4) is 0 Å². The monoisotopic (exact) mass is 457 g/mol. The van der Waals surface area contributed by atoms with Crippen LogP contribution in [0.4, 0.5) is 30.4 Å². The lowest BCUT2D eigenvalue weighted by Crippen LogP contribution is -2.21. The lowest BCUT2D eigenvalue weighted by Gasteiger charge is -2.13. The van der Waals surface area contributed by atoms with Gasteiger partial charge in [-0.3, -0.25) is 9.59 Å². The fraction of sp³-hybridized carbons (Fsp3) is 0.130. The van der Waals surface area contributed by atoms with E-state index in [1.165, 1.54) is 43.5 Å². The SMILES string of the molecule is CC(=O)c1cccc(NC(=O)COC(=O)c2cccnc2Nc2cccc(C(F)(F)F)c2)c1. The van der Waals surface area contributed by atoms with Gasteiger partial charge in [-0.1, -0.05) is 18.2 Å². The van der Waals surface area contributed by atoms with Crippen LogP contribution in [0.2, 0.25) is 0 Å². The number of anilines is 3. The van der Waals surface area contributed by atoms with Crippen molar-refractivity contribution >= 4 is 34.9 Å². The number of esters is 1. The third-order valence-electron chi connectivity index (χ3n) is 4.37. The smallest absolute Gasteiger partial charge is 0.416 e. The van der Waals surface area contributed by atoms with Crippen LogP contribution in [-0.2, 0) is 15.7 Å². The second-order valence-corrected chi connectivity index (χ2v) is 6.86. The normalized spacial score (nSPS) is 10.9. The molecule has 1 aromatic heterocycles. The molecule has 0 spiro atoms. The van der Waals surface area contributed by atoms with Gasteiger partial charge in [0.1, 0.15) is 11.4 Å². The van der Waals surface area contributed by atoms with Crippen LogP contribution >= 0.6 is 0 Å². The number of benzene rings is 2. The summed E-state index contributed by atoms with van der Waals surface area (Å²) in [5, 5.41) is 5.18. The van der Waals surface area contributed by atoms with Crippen molar-refractivity contribution in [1.29, 1.82) is 0 Å². The number of amides is 1. The number of nitrogens with zero attached hydrogens (tertiary/aromatic N) is 1. The van der Waals surface area contributed by atoms with E-state index >= 15 is 0 Å². The van der Waals surface area contributed by atoms with E-state index in [1.54, 1.807) is 18.2 Å². The van der Waals surface area contributed by atoms with Gasteiger partial charge in [0, 0.05) is 23.1 Å². The Morgan fingerprint density at radius 3 is 2.42 bits per heavy atom. The average molecular weight is 457 g/mol. The summed E-state index contributed by atoms with van der Waals surface area (Å²) >= 11 is 0. The van der Waals surface area contributed by atoms with Crippen molar-refractivity contribution in [2.75, 3.05) is 17.2 Å². The van der Waals surface area contributed by atoms with E-state index in [9.17, 15) is 27.6 Å². The first-order valence-electron chi connectivity index (χ1n) is 9.61. The van der Waals surface area contributed by atoms with E-state index in [0.717, 1.165) is 12.1 Å². The van der Waals surface area contributed by atoms with E-state index in [4.69, 9.17) is 4.74 Å². The molecule has 0 saturated carbocycles. The number of pyridine rings is 1. The Morgan fingerprint density at radius 1 is 0.970 bits per heavy atom. The van der Waals surface area contributed by atoms with Gasteiger partial charge in [0.25, 0.3) is 5.91 Å². The fourth-order valence-electron chi connectivity index (χ4n) is 2.80. The molecule has 0 saturated heterocycles. The Morgan fingerprint density at radius 2 is 1.70 bits per heavy atom. The maximum Gasteiger partial charge on any atom is 0.416 e. The molecule has 0 radical (unpaired) electrons. The molecule has 10 heteroatoms. The predicted octanol–water partition coefficient (Wildman–Crippen LogP) is 4.84. The molecular weight excluding hydrogens is 439 g/mol. The molecule has 0 fully saturated rings. The Hall–Kier alpha value is -4.21. The highest BCUT2D eigenvalue weighted by atomic mass is 19.4. The van der Waals surface area contributed by atoms with E-state index < -0.39 is 30.2 Å². The summed E-state index contributed by atoms with van der Waals surface area (Å²) in [5.74, 6) is -1.74. The number of hydrogen-bond acceptors (Lipinski definition) is 6. The fourth-order valence-corrected chi connectivity index (χ4v) is 2.80. The van der Waals surface area contributed by atoms with Crippen LogP contribution in [0, 0.1) is 0 Å². The van der Waals surface area contributed by atoms with E-state index in [2.05, 4.69) is 15.6 Å². The second-order valence-electron chi connectivity index (χ2n) is 6.86. The number of alkyl halides is 3. The Bertz CT molecular complexity index is 1200. The first kappa shape index (κ1) is 23.5. The number of nitrogens with one attached hydrogen (secondary N) is 2. The number of carbonyl (C=O) groups excluding carboxylic acids is 3. The number of Topliss-reactive ketones (excluding diaryl/α,β-unsaturated/α-hetero) is 1. The van der Waals surface area contributed by atoms with Crippen LogP contribution in [0.15, 0.2) is 66.9 Å². The Kier molecular flexibility index (Phi) is 7.07. The predicted molar refractivity (Wildman–Crippen MR) is 114 cm³/mol. The number of ketones is 1. The maximum atomic E-state index is 12.9. The summed E-state index contributed by atoms with van der Waals surface area (Å²) in [6.45, 7) is 0.766. The number of aromatic nitrogens is 1. The molecule has 170 valence electrons. The standard InChI is InChI=1S/C23H18F3N3O4/c1-14(30)15-5-2-7-17(11-15)28-20(31)13-33-22(32)19-9-4-10-27-21(19)29-18-8-3-6-16(12-18)23(24,25)26/h2-12H,13H2,1H3,(H,27,29)(H,28,31). The molecule has 0 atom stereocenters. The Labute approximate surface area is 186 Å². The number of halogens is 3. The molecule has 1 amide bonds. The molecule has 0 aliphatic carbocycles. The van der Waals surface area contributed by atoms with Gasteiger partial charge in [0.2, 0.25) is 0 Å². The highest BCUT2D eigenvalue weighted by Gasteiger charge is 2.30. The zero-order valence-electron chi connectivity index (χ0n) is 17.3. The van der Waals surface area contributed by atoms with Crippen molar-refractivity contribution in [3.63, 3.8) is 0 Å². The summed E-state index contributed by atoms with van der Waals surface area (Å²) in [7, 11) is 0. The van der Waals surface area contributed by atoms with Gasteiger partial charge in [-0.05, 0) is 49.4 Å². The summed E-state index contributed by atoms with van der Waals surface area (Å²) in [6, 6.07) is 13.5. The highest BCUT2D eigenvalue weighted by molar-refractivity contribution is 5.99. The number of rotatable bonds is 7. The summed E-state index contributed by atoms with van der Waals surface area (Å²) in [6.07, 6.45) is -3.18. The van der Waals surface area contributed by atoms with Crippen molar-refractivity contribution in [3.8, 4) is 0 Å². The lowest BCUT2D eigenvalue weighted by molar-refractivity contribution is -0.137. The Balaban J connectivity index is 1.66. The minimum Gasteiger partial charge on any atom is -0.452 e.